The van der Waals surface area contributed by atoms with Crippen molar-refractivity contribution in [2.45, 2.75) is 31.8 Å². The van der Waals surface area contributed by atoms with Gasteiger partial charge in [0, 0.05) is 7.11 Å². The molecule has 0 bridgehead atoms. The van der Waals surface area contributed by atoms with Gasteiger partial charge in [0.25, 0.3) is 0 Å². The fourth-order valence-corrected chi connectivity index (χ4v) is 3.24. The zero-order valence-electron chi connectivity index (χ0n) is 16.3. The molecule has 0 N–H and O–H groups in total. The summed E-state index contributed by atoms with van der Waals surface area (Å²) >= 11 is 0. The Morgan fingerprint density at radius 2 is 1.41 bits per heavy atom. The Kier molecular flexibility index (Phi) is 7.03. The van der Waals surface area contributed by atoms with Crippen molar-refractivity contribution in [1.82, 2.24) is 0 Å². The van der Waals surface area contributed by atoms with E-state index in [1.54, 1.807) is 55.6 Å². The van der Waals surface area contributed by atoms with Crippen LogP contribution in [0.2, 0.25) is 0 Å². The van der Waals surface area contributed by atoms with E-state index in [1.165, 1.54) is 6.26 Å². The molecule has 0 spiro atoms. The van der Waals surface area contributed by atoms with E-state index in [0.717, 1.165) is 25.7 Å². The molecule has 6 nitrogen and oxygen atoms in total. The summed E-state index contributed by atoms with van der Waals surface area (Å²) in [5, 5.41) is 0. The first-order valence-corrected chi connectivity index (χ1v) is 9.53. The Labute approximate surface area is 170 Å². The Morgan fingerprint density at radius 3 is 1.97 bits per heavy atom. The molecule has 0 radical (unpaired) electrons. The zero-order valence-corrected chi connectivity index (χ0v) is 16.3. The second-order valence-corrected chi connectivity index (χ2v) is 6.80. The number of hydrogen-bond acceptors (Lipinski definition) is 6. The molecule has 1 saturated carbocycles. The van der Waals surface area contributed by atoms with Gasteiger partial charge in [0.05, 0.1) is 23.8 Å². The molecule has 0 heterocycles. The first-order valence-electron chi connectivity index (χ1n) is 9.53. The Morgan fingerprint density at radius 1 is 0.862 bits per heavy atom. The second kappa shape index (κ2) is 9.89. The molecule has 0 saturated heterocycles. The van der Waals surface area contributed by atoms with Crippen LogP contribution in [0, 0.1) is 5.92 Å². The molecule has 1 aliphatic rings. The van der Waals surface area contributed by atoms with Crippen LogP contribution in [-0.4, -0.2) is 25.2 Å². The van der Waals surface area contributed by atoms with Gasteiger partial charge in [-0.05, 0) is 74.2 Å². The highest BCUT2D eigenvalue weighted by Gasteiger charge is 2.27. The molecule has 2 aromatic rings. The highest BCUT2D eigenvalue weighted by molar-refractivity contribution is 5.91. The predicted molar refractivity (Wildman–Crippen MR) is 107 cm³/mol. The SMILES string of the molecule is C=COc1ccc(C(=O)Oc2ccc(OC(=O)C3CCC(OC)CC3)cc2)cc1. The zero-order chi connectivity index (χ0) is 20.6. The summed E-state index contributed by atoms with van der Waals surface area (Å²) in [7, 11) is 1.70. The summed E-state index contributed by atoms with van der Waals surface area (Å²) in [5.74, 6) is 0.544. The second-order valence-electron chi connectivity index (χ2n) is 6.80. The van der Waals surface area contributed by atoms with Crippen LogP contribution in [0.4, 0.5) is 0 Å². The van der Waals surface area contributed by atoms with Gasteiger partial charge in [-0.15, -0.1) is 0 Å². The number of carbonyl (C=O) groups excluding carboxylic acids is 2. The van der Waals surface area contributed by atoms with Gasteiger partial charge in [0.1, 0.15) is 17.2 Å². The van der Waals surface area contributed by atoms with Crippen molar-refractivity contribution in [2.75, 3.05) is 7.11 Å². The molecule has 3 rings (SSSR count). The Hall–Kier alpha value is -3.12. The number of carbonyl (C=O) groups is 2. The van der Waals surface area contributed by atoms with Gasteiger partial charge < -0.3 is 18.9 Å². The molecule has 0 aliphatic heterocycles. The molecule has 0 atom stereocenters. The molecule has 29 heavy (non-hydrogen) atoms. The number of rotatable bonds is 7. The highest BCUT2D eigenvalue weighted by Crippen LogP contribution is 2.28. The number of esters is 2. The lowest BCUT2D eigenvalue weighted by atomic mass is 9.87. The minimum atomic E-state index is -0.491. The summed E-state index contributed by atoms with van der Waals surface area (Å²) in [5.41, 5.74) is 0.392. The number of methoxy groups -OCH3 is 1. The third kappa shape index (κ3) is 5.68. The van der Waals surface area contributed by atoms with E-state index >= 15 is 0 Å². The van der Waals surface area contributed by atoms with Gasteiger partial charge in [-0.2, -0.15) is 0 Å². The summed E-state index contributed by atoms with van der Waals surface area (Å²) in [6.07, 6.45) is 4.82. The lowest BCUT2D eigenvalue weighted by Gasteiger charge is -2.26. The van der Waals surface area contributed by atoms with Crippen LogP contribution in [0.1, 0.15) is 36.0 Å². The monoisotopic (exact) mass is 396 g/mol. The molecule has 1 aliphatic carbocycles. The maximum absolute atomic E-state index is 12.3. The minimum Gasteiger partial charge on any atom is -0.466 e. The van der Waals surface area contributed by atoms with Crippen LogP contribution in [0.3, 0.4) is 0 Å². The van der Waals surface area contributed by atoms with Gasteiger partial charge >= 0.3 is 11.9 Å². The van der Waals surface area contributed by atoms with Crippen molar-refractivity contribution in [3.05, 3.63) is 66.9 Å². The largest absolute Gasteiger partial charge is 0.466 e. The lowest BCUT2D eigenvalue weighted by Crippen LogP contribution is -2.28. The molecular weight excluding hydrogens is 372 g/mol. The van der Waals surface area contributed by atoms with E-state index in [0.29, 0.717) is 22.8 Å². The predicted octanol–water partition coefficient (Wildman–Crippen LogP) is 4.54. The van der Waals surface area contributed by atoms with Crippen molar-refractivity contribution in [2.24, 2.45) is 5.92 Å². The summed E-state index contributed by atoms with van der Waals surface area (Å²) in [6, 6.07) is 12.9. The standard InChI is InChI=1S/C23H24O6/c1-3-27-19-10-6-17(7-11-19)23(25)29-21-14-12-20(13-15-21)28-22(24)16-4-8-18(26-2)9-5-16/h3,6-7,10-16,18H,1,4-5,8-9H2,2H3. The average molecular weight is 396 g/mol. The average Bonchev–Trinajstić information content (AvgIpc) is 2.76. The fourth-order valence-electron chi connectivity index (χ4n) is 3.24. The van der Waals surface area contributed by atoms with Crippen LogP contribution in [0.15, 0.2) is 61.4 Å². The molecule has 0 aromatic heterocycles. The van der Waals surface area contributed by atoms with E-state index in [-0.39, 0.29) is 18.0 Å². The topological polar surface area (TPSA) is 71.1 Å². The van der Waals surface area contributed by atoms with Crippen molar-refractivity contribution in [3.8, 4) is 17.2 Å². The van der Waals surface area contributed by atoms with E-state index in [9.17, 15) is 9.59 Å². The first kappa shape index (κ1) is 20.6. The fraction of sp³-hybridized carbons (Fsp3) is 0.304. The minimum absolute atomic E-state index is 0.105. The van der Waals surface area contributed by atoms with E-state index in [2.05, 4.69) is 6.58 Å². The van der Waals surface area contributed by atoms with Crippen LogP contribution in [-0.2, 0) is 9.53 Å². The smallest absolute Gasteiger partial charge is 0.343 e. The normalized spacial score (nSPS) is 18.5. The van der Waals surface area contributed by atoms with Crippen molar-refractivity contribution in [3.63, 3.8) is 0 Å². The number of hydrogen-bond donors (Lipinski definition) is 0. The summed E-state index contributed by atoms with van der Waals surface area (Å²) in [6.45, 7) is 3.48. The maximum atomic E-state index is 12.3. The van der Waals surface area contributed by atoms with E-state index in [1.807, 2.05) is 0 Å². The molecule has 0 amide bonds. The molecule has 2 aromatic carbocycles. The third-order valence-electron chi connectivity index (χ3n) is 4.90. The molecule has 6 heteroatoms. The van der Waals surface area contributed by atoms with Gasteiger partial charge in [-0.1, -0.05) is 6.58 Å². The quantitative estimate of drug-likeness (QED) is 0.389. The third-order valence-corrected chi connectivity index (χ3v) is 4.90. The van der Waals surface area contributed by atoms with Gasteiger partial charge in [-0.25, -0.2) is 4.79 Å². The van der Waals surface area contributed by atoms with E-state index in [4.69, 9.17) is 18.9 Å². The van der Waals surface area contributed by atoms with Gasteiger partial charge in [0.2, 0.25) is 0 Å². The number of benzene rings is 2. The molecule has 0 unspecified atom stereocenters. The van der Waals surface area contributed by atoms with Crippen molar-refractivity contribution in [1.29, 1.82) is 0 Å². The summed E-state index contributed by atoms with van der Waals surface area (Å²) in [4.78, 5) is 24.5. The Balaban J connectivity index is 1.52. The van der Waals surface area contributed by atoms with Gasteiger partial charge in [0.15, 0.2) is 0 Å². The van der Waals surface area contributed by atoms with E-state index < -0.39 is 5.97 Å². The highest BCUT2D eigenvalue weighted by atomic mass is 16.5. The maximum Gasteiger partial charge on any atom is 0.343 e. The van der Waals surface area contributed by atoms with Gasteiger partial charge in [-0.3, -0.25) is 4.79 Å². The summed E-state index contributed by atoms with van der Waals surface area (Å²) < 4.78 is 21.3. The van der Waals surface area contributed by atoms with Crippen molar-refractivity contribution < 1.29 is 28.5 Å². The Bertz CT molecular complexity index is 833. The molecule has 152 valence electrons. The molecule has 1 fully saturated rings. The van der Waals surface area contributed by atoms with Crippen LogP contribution >= 0.6 is 0 Å². The van der Waals surface area contributed by atoms with Crippen LogP contribution in [0.5, 0.6) is 17.2 Å². The van der Waals surface area contributed by atoms with Crippen LogP contribution in [0.25, 0.3) is 0 Å². The molecular formula is C23H24O6. The lowest BCUT2D eigenvalue weighted by molar-refractivity contribution is -0.140. The number of ether oxygens (including phenoxy) is 4. The van der Waals surface area contributed by atoms with Crippen molar-refractivity contribution >= 4 is 11.9 Å². The first-order chi connectivity index (χ1) is 14.1. The van der Waals surface area contributed by atoms with Crippen LogP contribution < -0.4 is 14.2 Å².